The van der Waals surface area contributed by atoms with Crippen LogP contribution in [0.5, 0.6) is 0 Å². The average molecular weight is 373 g/mol. The summed E-state index contributed by atoms with van der Waals surface area (Å²) in [5.74, 6) is 0. The van der Waals surface area contributed by atoms with E-state index in [9.17, 15) is 9.50 Å². The molecule has 4 fully saturated rings. The van der Waals surface area contributed by atoms with Crippen molar-refractivity contribution in [2.45, 2.75) is 89.9 Å². The molecule has 26 heavy (non-hydrogen) atoms. The molecule has 0 unspecified atom stereocenters. The zero-order chi connectivity index (χ0) is 19.2. The summed E-state index contributed by atoms with van der Waals surface area (Å²) in [5.41, 5.74) is 0.119. The quantitative estimate of drug-likeness (QED) is 0.799. The summed E-state index contributed by atoms with van der Waals surface area (Å²) in [5, 5.41) is 18.7. The van der Waals surface area contributed by atoms with Crippen LogP contribution in [0.4, 0.5) is 4.39 Å². The zero-order valence-corrected chi connectivity index (χ0v) is 17.2. The molecule has 0 aromatic rings. The van der Waals surface area contributed by atoms with Gasteiger partial charge in [-0.15, -0.1) is 0 Å². The number of fused-ring (bicyclic) bond motifs is 2. The van der Waals surface area contributed by atoms with Crippen LogP contribution in [0.2, 0.25) is 0 Å². The predicted octanol–water partition coefficient (Wildman–Crippen LogP) is 3.21. The molecular formula is C21H41FN2O2. The van der Waals surface area contributed by atoms with Gasteiger partial charge in [0.05, 0.1) is 13.2 Å². The van der Waals surface area contributed by atoms with E-state index in [4.69, 9.17) is 5.11 Å². The first-order chi connectivity index (χ1) is 12.6. The number of aliphatic hydroxyl groups is 2. The highest BCUT2D eigenvalue weighted by Gasteiger charge is 2.48. The normalized spacial score (nSPS) is 39.5. The van der Waals surface area contributed by atoms with E-state index in [1.807, 2.05) is 13.8 Å². The van der Waals surface area contributed by atoms with Crippen LogP contribution in [0.15, 0.2) is 0 Å². The minimum absolute atomic E-state index is 0.132. The van der Waals surface area contributed by atoms with Crippen molar-refractivity contribution in [3.63, 3.8) is 0 Å². The van der Waals surface area contributed by atoms with Gasteiger partial charge in [-0.05, 0) is 58.2 Å². The summed E-state index contributed by atoms with van der Waals surface area (Å²) in [6.45, 7) is 10.7. The third kappa shape index (κ3) is 4.26. The molecule has 0 aromatic heterocycles. The SMILES string of the molecule is CC.CCN1CCC[C@@]2(CO)CCC[C@@H]12.OC[C@@]12CCCN1C[C@H](F)C2. The summed E-state index contributed by atoms with van der Waals surface area (Å²) in [4.78, 5) is 4.68. The van der Waals surface area contributed by atoms with Gasteiger partial charge in [-0.1, -0.05) is 27.2 Å². The lowest BCUT2D eigenvalue weighted by atomic mass is 9.75. The first-order valence-corrected chi connectivity index (χ1v) is 10.9. The van der Waals surface area contributed by atoms with E-state index < -0.39 is 6.17 Å². The van der Waals surface area contributed by atoms with Crippen molar-refractivity contribution >= 4 is 0 Å². The van der Waals surface area contributed by atoms with Crippen molar-refractivity contribution in [1.82, 2.24) is 9.80 Å². The fourth-order valence-corrected chi connectivity index (χ4v) is 5.88. The summed E-state index contributed by atoms with van der Waals surface area (Å²) < 4.78 is 12.9. The molecule has 0 amide bonds. The summed E-state index contributed by atoms with van der Waals surface area (Å²) in [6, 6.07) is 0.691. The molecule has 3 heterocycles. The molecule has 0 radical (unpaired) electrons. The van der Waals surface area contributed by atoms with Crippen molar-refractivity contribution in [1.29, 1.82) is 0 Å². The van der Waals surface area contributed by atoms with E-state index in [1.165, 1.54) is 38.6 Å². The fourth-order valence-electron chi connectivity index (χ4n) is 5.88. The maximum Gasteiger partial charge on any atom is 0.115 e. The molecule has 4 aliphatic rings. The molecular weight excluding hydrogens is 331 g/mol. The lowest BCUT2D eigenvalue weighted by Gasteiger charge is -2.45. The molecule has 1 aliphatic carbocycles. The van der Waals surface area contributed by atoms with Crippen molar-refractivity contribution in [2.24, 2.45) is 5.41 Å². The smallest absolute Gasteiger partial charge is 0.115 e. The number of alkyl halides is 1. The van der Waals surface area contributed by atoms with Crippen LogP contribution in [0, 0.1) is 5.41 Å². The molecule has 0 aromatic carbocycles. The van der Waals surface area contributed by atoms with Crippen LogP contribution in [-0.2, 0) is 0 Å². The molecule has 1 saturated carbocycles. The second-order valence-corrected chi connectivity index (χ2v) is 8.39. The number of rotatable bonds is 3. The maximum absolute atomic E-state index is 12.9. The van der Waals surface area contributed by atoms with E-state index in [2.05, 4.69) is 16.7 Å². The first kappa shape index (κ1) is 22.1. The van der Waals surface area contributed by atoms with Gasteiger partial charge in [0.1, 0.15) is 6.17 Å². The van der Waals surface area contributed by atoms with Crippen LogP contribution in [0.1, 0.15) is 72.1 Å². The minimum atomic E-state index is -0.706. The fraction of sp³-hybridized carbons (Fsp3) is 1.00. The molecule has 5 heteroatoms. The Bertz CT molecular complexity index is 425. The summed E-state index contributed by atoms with van der Waals surface area (Å²) in [6.07, 6.45) is 8.36. The molecule has 4 atom stereocenters. The van der Waals surface area contributed by atoms with Gasteiger partial charge in [-0.25, -0.2) is 4.39 Å². The van der Waals surface area contributed by atoms with Gasteiger partial charge in [0, 0.05) is 30.0 Å². The van der Waals surface area contributed by atoms with E-state index in [-0.39, 0.29) is 17.6 Å². The molecule has 2 N–H and O–H groups in total. The van der Waals surface area contributed by atoms with Crippen LogP contribution >= 0.6 is 0 Å². The van der Waals surface area contributed by atoms with Gasteiger partial charge in [-0.2, -0.15) is 0 Å². The summed E-state index contributed by atoms with van der Waals surface area (Å²) >= 11 is 0. The van der Waals surface area contributed by atoms with Crippen LogP contribution in [0.3, 0.4) is 0 Å². The summed E-state index contributed by atoms with van der Waals surface area (Å²) in [7, 11) is 0. The van der Waals surface area contributed by atoms with Crippen LogP contribution in [-0.4, -0.2) is 77.2 Å². The Morgan fingerprint density at radius 1 is 1.00 bits per heavy atom. The number of likely N-dealkylation sites (tertiary alicyclic amines) is 1. The monoisotopic (exact) mass is 372 g/mol. The Labute approximate surface area is 159 Å². The first-order valence-electron chi connectivity index (χ1n) is 10.9. The lowest BCUT2D eigenvalue weighted by Crippen LogP contribution is -2.50. The van der Waals surface area contributed by atoms with Crippen LogP contribution < -0.4 is 0 Å². The second-order valence-electron chi connectivity index (χ2n) is 8.39. The number of piperidine rings is 1. The molecule has 0 spiro atoms. The van der Waals surface area contributed by atoms with Gasteiger partial charge >= 0.3 is 0 Å². The standard InChI is InChI=1S/C11H21NO.C8H14FNO.C2H6/c1-2-12-8-4-7-11(9-13)6-3-5-10(11)12;9-7-4-8(6-11)2-1-3-10(8)5-7;1-2/h10,13H,2-9H2,1H3;7,11H,1-6H2;1-2H3/t10-,11-;7-,8+;/m11./s1. The highest BCUT2D eigenvalue weighted by atomic mass is 19.1. The molecule has 4 nitrogen and oxygen atoms in total. The van der Waals surface area contributed by atoms with Crippen LogP contribution in [0.25, 0.3) is 0 Å². The largest absolute Gasteiger partial charge is 0.396 e. The van der Waals surface area contributed by atoms with Crippen molar-refractivity contribution in [3.8, 4) is 0 Å². The highest BCUT2D eigenvalue weighted by Crippen LogP contribution is 2.47. The minimum Gasteiger partial charge on any atom is -0.396 e. The third-order valence-corrected chi connectivity index (χ3v) is 7.20. The number of nitrogens with zero attached hydrogens (tertiary/aromatic N) is 2. The Morgan fingerprint density at radius 3 is 2.31 bits per heavy atom. The van der Waals surface area contributed by atoms with E-state index in [0.717, 1.165) is 25.9 Å². The van der Waals surface area contributed by atoms with E-state index >= 15 is 0 Å². The van der Waals surface area contributed by atoms with E-state index in [0.29, 0.717) is 25.6 Å². The molecule has 3 aliphatic heterocycles. The average Bonchev–Trinajstić information content (AvgIpc) is 3.35. The van der Waals surface area contributed by atoms with Gasteiger partial charge in [0.15, 0.2) is 0 Å². The predicted molar refractivity (Wildman–Crippen MR) is 105 cm³/mol. The molecule has 154 valence electrons. The third-order valence-electron chi connectivity index (χ3n) is 7.20. The topological polar surface area (TPSA) is 46.9 Å². The van der Waals surface area contributed by atoms with Crippen molar-refractivity contribution < 1.29 is 14.6 Å². The lowest BCUT2D eigenvalue weighted by molar-refractivity contribution is -0.00296. The van der Waals surface area contributed by atoms with E-state index in [1.54, 1.807) is 0 Å². The molecule has 4 rings (SSSR count). The number of aliphatic hydroxyl groups excluding tert-OH is 2. The molecule has 0 bridgehead atoms. The van der Waals surface area contributed by atoms with Crippen molar-refractivity contribution in [2.75, 3.05) is 39.4 Å². The Kier molecular flexibility index (Phi) is 8.33. The van der Waals surface area contributed by atoms with Gasteiger partial charge in [0.25, 0.3) is 0 Å². The van der Waals surface area contributed by atoms with Gasteiger partial charge < -0.3 is 15.1 Å². The Balaban J connectivity index is 0.000000173. The zero-order valence-electron chi connectivity index (χ0n) is 17.2. The highest BCUT2D eigenvalue weighted by molar-refractivity contribution is 5.03. The second kappa shape index (κ2) is 9.81. The maximum atomic E-state index is 12.9. The molecule has 3 saturated heterocycles. The van der Waals surface area contributed by atoms with Crippen molar-refractivity contribution in [3.05, 3.63) is 0 Å². The van der Waals surface area contributed by atoms with Gasteiger partial charge in [0.2, 0.25) is 0 Å². The number of hydrogen-bond donors (Lipinski definition) is 2. The number of hydrogen-bond acceptors (Lipinski definition) is 4. The Hall–Kier alpha value is -0.230. The number of halogens is 1. The Morgan fingerprint density at radius 2 is 1.69 bits per heavy atom. The van der Waals surface area contributed by atoms with Gasteiger partial charge in [-0.3, -0.25) is 4.90 Å².